The highest BCUT2D eigenvalue weighted by Gasteiger charge is 2.28. The second kappa shape index (κ2) is 5.81. The predicted octanol–water partition coefficient (Wildman–Crippen LogP) is 0.948. The zero-order valence-corrected chi connectivity index (χ0v) is 11.9. The molecule has 1 aliphatic carbocycles. The maximum absolute atomic E-state index is 12.3. The first-order valence-corrected chi connectivity index (χ1v) is 7.34. The minimum Gasteiger partial charge on any atom is -0.477 e. The highest BCUT2D eigenvalue weighted by atomic mass is 16.4. The van der Waals surface area contributed by atoms with Gasteiger partial charge in [-0.1, -0.05) is 0 Å². The van der Waals surface area contributed by atoms with Crippen LogP contribution < -0.4 is 0 Å². The van der Waals surface area contributed by atoms with Gasteiger partial charge in [0.15, 0.2) is 0 Å². The molecule has 1 saturated carbocycles. The highest BCUT2D eigenvalue weighted by Crippen LogP contribution is 2.29. The van der Waals surface area contributed by atoms with Gasteiger partial charge in [0.2, 0.25) is 0 Å². The van der Waals surface area contributed by atoms with Crippen LogP contribution >= 0.6 is 0 Å². The van der Waals surface area contributed by atoms with Gasteiger partial charge in [-0.3, -0.25) is 9.69 Å². The average Bonchev–Trinajstić information content (AvgIpc) is 3.31. The number of carbonyl (C=O) groups excluding carboxylic acids is 1. The number of piperazine rings is 1. The van der Waals surface area contributed by atoms with Crippen molar-refractivity contribution in [1.29, 1.82) is 0 Å². The van der Waals surface area contributed by atoms with Crippen LogP contribution in [0.4, 0.5) is 0 Å². The van der Waals surface area contributed by atoms with E-state index in [1.54, 1.807) is 0 Å². The van der Waals surface area contributed by atoms with E-state index in [1.807, 2.05) is 4.90 Å². The van der Waals surface area contributed by atoms with Gasteiger partial charge in [0, 0.05) is 38.9 Å². The second-order valence-electron chi connectivity index (χ2n) is 5.77. The molecular weight excluding hydrogens is 270 g/mol. The molecule has 2 heterocycles. The Morgan fingerprint density at radius 1 is 1.19 bits per heavy atom. The van der Waals surface area contributed by atoms with Crippen molar-refractivity contribution in [3.63, 3.8) is 0 Å². The summed E-state index contributed by atoms with van der Waals surface area (Å²) in [4.78, 5) is 31.1. The minimum atomic E-state index is -1.08. The molecule has 2 fully saturated rings. The molecule has 1 aromatic heterocycles. The number of hydrogen-bond acceptors (Lipinski definition) is 4. The smallest absolute Gasteiger partial charge is 0.354 e. The zero-order chi connectivity index (χ0) is 14.8. The molecule has 1 aromatic rings. The molecule has 0 unspecified atom stereocenters. The number of amides is 1. The summed E-state index contributed by atoms with van der Waals surface area (Å²) in [7, 11) is 0. The van der Waals surface area contributed by atoms with Crippen LogP contribution in [0.3, 0.4) is 0 Å². The first-order chi connectivity index (χ1) is 10.1. The van der Waals surface area contributed by atoms with Crippen molar-refractivity contribution in [2.24, 2.45) is 5.92 Å². The third-order valence-electron chi connectivity index (χ3n) is 4.10. The molecule has 3 rings (SSSR count). The molecule has 21 heavy (non-hydrogen) atoms. The molecule has 6 heteroatoms. The van der Waals surface area contributed by atoms with Crippen molar-refractivity contribution in [2.75, 3.05) is 32.7 Å². The largest absolute Gasteiger partial charge is 0.477 e. The monoisotopic (exact) mass is 289 g/mol. The van der Waals surface area contributed by atoms with E-state index in [1.165, 1.54) is 31.2 Å². The fraction of sp³-hybridized carbons (Fsp3) is 0.533. The molecule has 1 saturated heterocycles. The van der Waals surface area contributed by atoms with Crippen molar-refractivity contribution in [2.45, 2.75) is 12.8 Å². The first kappa shape index (κ1) is 14.0. The second-order valence-corrected chi connectivity index (χ2v) is 5.77. The SMILES string of the molecule is O=C(O)c1ccc(C(=O)N2CCN(CC3CC3)CC2)cn1. The lowest BCUT2D eigenvalue weighted by Gasteiger charge is -2.34. The summed E-state index contributed by atoms with van der Waals surface area (Å²) in [6.45, 7) is 4.46. The summed E-state index contributed by atoms with van der Waals surface area (Å²) in [6.07, 6.45) is 4.05. The molecular formula is C15H19N3O3. The Bertz CT molecular complexity index is 532. The van der Waals surface area contributed by atoms with Gasteiger partial charge < -0.3 is 10.0 Å². The van der Waals surface area contributed by atoms with Gasteiger partial charge >= 0.3 is 5.97 Å². The molecule has 0 bridgehead atoms. The lowest BCUT2D eigenvalue weighted by molar-refractivity contribution is 0.0628. The molecule has 6 nitrogen and oxygen atoms in total. The number of carboxylic acid groups (broad SMARTS) is 1. The van der Waals surface area contributed by atoms with Crippen molar-refractivity contribution in [3.05, 3.63) is 29.6 Å². The number of hydrogen-bond donors (Lipinski definition) is 1. The fourth-order valence-electron chi connectivity index (χ4n) is 2.63. The van der Waals surface area contributed by atoms with E-state index < -0.39 is 5.97 Å². The van der Waals surface area contributed by atoms with Gasteiger partial charge in [0.05, 0.1) is 5.56 Å². The van der Waals surface area contributed by atoms with Gasteiger partial charge in [-0.2, -0.15) is 0 Å². The van der Waals surface area contributed by atoms with E-state index in [0.717, 1.165) is 38.6 Å². The number of carboxylic acids is 1. The van der Waals surface area contributed by atoms with E-state index in [0.29, 0.717) is 5.56 Å². The lowest BCUT2D eigenvalue weighted by Crippen LogP contribution is -2.49. The van der Waals surface area contributed by atoms with Crippen molar-refractivity contribution in [3.8, 4) is 0 Å². The molecule has 2 aliphatic rings. The number of carbonyl (C=O) groups is 2. The Hall–Kier alpha value is -1.95. The molecule has 1 amide bonds. The molecule has 1 N–H and O–H groups in total. The van der Waals surface area contributed by atoms with Crippen molar-refractivity contribution < 1.29 is 14.7 Å². The predicted molar refractivity (Wildman–Crippen MR) is 76.3 cm³/mol. The Morgan fingerprint density at radius 3 is 2.43 bits per heavy atom. The third-order valence-corrected chi connectivity index (χ3v) is 4.10. The van der Waals surface area contributed by atoms with Crippen molar-refractivity contribution in [1.82, 2.24) is 14.8 Å². The number of rotatable bonds is 4. The van der Waals surface area contributed by atoms with Crippen molar-refractivity contribution >= 4 is 11.9 Å². The van der Waals surface area contributed by atoms with E-state index in [4.69, 9.17) is 5.11 Å². The number of pyridine rings is 1. The van der Waals surface area contributed by atoms with Crippen LogP contribution in [0.15, 0.2) is 18.3 Å². The topological polar surface area (TPSA) is 73.7 Å². The van der Waals surface area contributed by atoms with Gasteiger partial charge in [-0.05, 0) is 30.9 Å². The minimum absolute atomic E-state index is 0.0409. The van der Waals surface area contributed by atoms with Gasteiger partial charge in [-0.25, -0.2) is 9.78 Å². The molecule has 0 radical (unpaired) electrons. The first-order valence-electron chi connectivity index (χ1n) is 7.34. The number of nitrogens with zero attached hydrogens (tertiary/aromatic N) is 3. The molecule has 0 aromatic carbocycles. The normalized spacial score (nSPS) is 19.5. The molecule has 0 spiro atoms. The Morgan fingerprint density at radius 2 is 1.90 bits per heavy atom. The van der Waals surface area contributed by atoms with E-state index in [-0.39, 0.29) is 11.6 Å². The van der Waals surface area contributed by atoms with E-state index in [9.17, 15) is 9.59 Å². The van der Waals surface area contributed by atoms with Gasteiger partial charge in [-0.15, -0.1) is 0 Å². The van der Waals surface area contributed by atoms with Crippen LogP contribution in [0, 0.1) is 5.92 Å². The Labute approximate surface area is 123 Å². The average molecular weight is 289 g/mol. The Balaban J connectivity index is 1.56. The van der Waals surface area contributed by atoms with Crippen LogP contribution in [0.1, 0.15) is 33.7 Å². The molecule has 112 valence electrons. The Kier molecular flexibility index (Phi) is 3.88. The van der Waals surface area contributed by atoms with Crippen LogP contribution in [0.2, 0.25) is 0 Å². The van der Waals surface area contributed by atoms with Crippen LogP contribution in [0.5, 0.6) is 0 Å². The van der Waals surface area contributed by atoms with Crippen LogP contribution in [-0.2, 0) is 0 Å². The fourth-order valence-corrected chi connectivity index (χ4v) is 2.63. The third kappa shape index (κ3) is 3.39. The number of aromatic nitrogens is 1. The maximum Gasteiger partial charge on any atom is 0.354 e. The summed E-state index contributed by atoms with van der Waals surface area (Å²) in [5.74, 6) is -0.270. The van der Waals surface area contributed by atoms with Crippen LogP contribution in [0.25, 0.3) is 0 Å². The highest BCUT2D eigenvalue weighted by molar-refractivity contribution is 5.95. The summed E-state index contributed by atoms with van der Waals surface area (Å²) >= 11 is 0. The lowest BCUT2D eigenvalue weighted by atomic mass is 10.2. The number of aromatic carboxylic acids is 1. The molecule has 0 atom stereocenters. The molecule has 1 aliphatic heterocycles. The standard InChI is InChI=1S/C15H19N3O3/c19-14(12-3-4-13(15(20)21)16-9-12)18-7-5-17(6-8-18)10-11-1-2-11/h3-4,9,11H,1-2,5-8,10H2,(H,20,21). The summed E-state index contributed by atoms with van der Waals surface area (Å²) in [5, 5.41) is 8.81. The van der Waals surface area contributed by atoms with Gasteiger partial charge in [0.25, 0.3) is 5.91 Å². The van der Waals surface area contributed by atoms with E-state index >= 15 is 0 Å². The zero-order valence-electron chi connectivity index (χ0n) is 11.9. The quantitative estimate of drug-likeness (QED) is 0.893. The van der Waals surface area contributed by atoms with E-state index in [2.05, 4.69) is 9.88 Å². The van der Waals surface area contributed by atoms with Crippen LogP contribution in [-0.4, -0.2) is 64.5 Å². The summed E-state index contributed by atoms with van der Waals surface area (Å²) < 4.78 is 0. The maximum atomic E-state index is 12.3. The van der Waals surface area contributed by atoms with Gasteiger partial charge in [0.1, 0.15) is 5.69 Å². The summed E-state index contributed by atoms with van der Waals surface area (Å²) in [6, 6.07) is 2.91. The summed E-state index contributed by atoms with van der Waals surface area (Å²) in [5.41, 5.74) is 0.413.